The van der Waals surface area contributed by atoms with Crippen LogP contribution in [0, 0.1) is 5.82 Å². The van der Waals surface area contributed by atoms with E-state index in [0.717, 1.165) is 28.8 Å². The second-order valence-corrected chi connectivity index (χ2v) is 5.53. The average Bonchev–Trinajstić information content (AvgIpc) is 3.23. The monoisotopic (exact) mass is 282 g/mol. The van der Waals surface area contributed by atoms with Crippen molar-refractivity contribution in [2.24, 2.45) is 0 Å². The van der Waals surface area contributed by atoms with Gasteiger partial charge in [-0.2, -0.15) is 0 Å². The van der Waals surface area contributed by atoms with E-state index in [-0.39, 0.29) is 5.82 Å². The number of halogens is 1. The Bertz CT molecular complexity index is 792. The number of furan rings is 1. The minimum Gasteiger partial charge on any atom is -0.456 e. The summed E-state index contributed by atoms with van der Waals surface area (Å²) in [6.45, 7) is 0.820. The van der Waals surface area contributed by atoms with Crippen LogP contribution in [0.25, 0.3) is 22.3 Å². The Balaban J connectivity index is 1.65. The van der Waals surface area contributed by atoms with Crippen LogP contribution in [0.4, 0.5) is 4.39 Å². The zero-order valence-corrected chi connectivity index (χ0v) is 11.5. The Hall–Kier alpha value is -2.20. The normalized spacial score (nSPS) is 14.7. The van der Waals surface area contributed by atoms with Crippen LogP contribution >= 0.6 is 0 Å². The standard InChI is InChI=1S/C17H15FN2O/c18-14-1-4-16-12(6-14)7-17(21-16)13-5-11(8-19-10-13)9-20-15-2-3-15/h1,4-8,10,15,20H,2-3,9H2. The predicted octanol–water partition coefficient (Wildman–Crippen LogP) is 3.89. The van der Waals surface area contributed by atoms with Gasteiger partial charge in [0, 0.05) is 35.9 Å². The summed E-state index contributed by atoms with van der Waals surface area (Å²) in [5.74, 6) is 0.465. The second-order valence-electron chi connectivity index (χ2n) is 5.53. The Morgan fingerprint density at radius 2 is 2.10 bits per heavy atom. The van der Waals surface area contributed by atoms with Gasteiger partial charge in [0.15, 0.2) is 0 Å². The maximum Gasteiger partial charge on any atom is 0.136 e. The third-order valence-electron chi connectivity index (χ3n) is 3.73. The second kappa shape index (κ2) is 4.97. The molecule has 0 aliphatic heterocycles. The first-order valence-corrected chi connectivity index (χ1v) is 7.15. The molecule has 4 heteroatoms. The number of aromatic nitrogens is 1. The molecule has 0 saturated heterocycles. The van der Waals surface area contributed by atoms with Crippen molar-refractivity contribution < 1.29 is 8.81 Å². The van der Waals surface area contributed by atoms with Crippen LogP contribution in [-0.2, 0) is 6.54 Å². The molecule has 1 fully saturated rings. The van der Waals surface area contributed by atoms with Crippen LogP contribution in [0.2, 0.25) is 0 Å². The summed E-state index contributed by atoms with van der Waals surface area (Å²) < 4.78 is 19.0. The maximum absolute atomic E-state index is 13.2. The fourth-order valence-electron chi connectivity index (χ4n) is 2.43. The summed E-state index contributed by atoms with van der Waals surface area (Å²) in [5, 5.41) is 4.24. The number of fused-ring (bicyclic) bond motifs is 1. The van der Waals surface area contributed by atoms with Crippen molar-refractivity contribution >= 4 is 11.0 Å². The molecule has 1 N–H and O–H groups in total. The van der Waals surface area contributed by atoms with E-state index in [1.165, 1.54) is 25.0 Å². The highest BCUT2D eigenvalue weighted by Gasteiger charge is 2.20. The lowest BCUT2D eigenvalue weighted by Gasteiger charge is -2.04. The van der Waals surface area contributed by atoms with Crippen LogP contribution in [0.1, 0.15) is 18.4 Å². The average molecular weight is 282 g/mol. The molecular weight excluding hydrogens is 267 g/mol. The molecule has 2 aromatic heterocycles. The number of nitrogens with zero attached hydrogens (tertiary/aromatic N) is 1. The van der Waals surface area contributed by atoms with E-state index in [1.54, 1.807) is 12.3 Å². The van der Waals surface area contributed by atoms with E-state index >= 15 is 0 Å². The van der Waals surface area contributed by atoms with Gasteiger partial charge in [0.25, 0.3) is 0 Å². The zero-order chi connectivity index (χ0) is 14.2. The van der Waals surface area contributed by atoms with Crippen LogP contribution in [0.15, 0.2) is 47.1 Å². The van der Waals surface area contributed by atoms with E-state index in [1.807, 2.05) is 12.3 Å². The van der Waals surface area contributed by atoms with Gasteiger partial charge in [-0.1, -0.05) is 0 Å². The number of hydrogen-bond acceptors (Lipinski definition) is 3. The smallest absolute Gasteiger partial charge is 0.136 e. The molecular formula is C17H15FN2O. The topological polar surface area (TPSA) is 38.1 Å². The molecule has 1 aliphatic rings. The molecule has 0 radical (unpaired) electrons. The molecule has 4 rings (SSSR count). The lowest BCUT2D eigenvalue weighted by Crippen LogP contribution is -2.15. The summed E-state index contributed by atoms with van der Waals surface area (Å²) >= 11 is 0. The predicted molar refractivity (Wildman–Crippen MR) is 79.3 cm³/mol. The van der Waals surface area contributed by atoms with E-state index < -0.39 is 0 Å². The highest BCUT2D eigenvalue weighted by Crippen LogP contribution is 2.28. The van der Waals surface area contributed by atoms with Crippen LogP contribution in [0.3, 0.4) is 0 Å². The number of nitrogens with one attached hydrogen (secondary N) is 1. The third-order valence-corrected chi connectivity index (χ3v) is 3.73. The summed E-state index contributed by atoms with van der Waals surface area (Å²) in [6.07, 6.45) is 6.17. The molecule has 1 aromatic carbocycles. The third kappa shape index (κ3) is 2.67. The fourth-order valence-corrected chi connectivity index (χ4v) is 2.43. The number of benzene rings is 1. The van der Waals surface area contributed by atoms with Crippen LogP contribution < -0.4 is 5.32 Å². The Labute approximate surface area is 121 Å². The molecule has 0 bridgehead atoms. The number of pyridine rings is 1. The first-order chi connectivity index (χ1) is 10.3. The molecule has 0 spiro atoms. The molecule has 3 aromatic rings. The molecule has 1 aliphatic carbocycles. The highest BCUT2D eigenvalue weighted by atomic mass is 19.1. The van der Waals surface area contributed by atoms with Gasteiger partial charge in [0.1, 0.15) is 17.2 Å². The summed E-state index contributed by atoms with van der Waals surface area (Å²) in [6, 6.07) is 9.13. The largest absolute Gasteiger partial charge is 0.456 e. The SMILES string of the molecule is Fc1ccc2oc(-c3cncc(CNC4CC4)c3)cc2c1. The first-order valence-electron chi connectivity index (χ1n) is 7.15. The lowest BCUT2D eigenvalue weighted by atomic mass is 10.1. The van der Waals surface area contributed by atoms with Gasteiger partial charge in [-0.25, -0.2) is 4.39 Å². The van der Waals surface area contributed by atoms with E-state index in [2.05, 4.69) is 16.4 Å². The Morgan fingerprint density at radius 1 is 1.19 bits per heavy atom. The van der Waals surface area contributed by atoms with Crippen LogP contribution in [0.5, 0.6) is 0 Å². The van der Waals surface area contributed by atoms with Crippen molar-refractivity contribution in [1.82, 2.24) is 10.3 Å². The lowest BCUT2D eigenvalue weighted by molar-refractivity contribution is 0.618. The molecule has 106 valence electrons. The summed E-state index contributed by atoms with van der Waals surface area (Å²) in [4.78, 5) is 4.27. The minimum absolute atomic E-state index is 0.254. The maximum atomic E-state index is 13.2. The van der Waals surface area contributed by atoms with Crippen molar-refractivity contribution in [2.45, 2.75) is 25.4 Å². The molecule has 0 amide bonds. The number of hydrogen-bond donors (Lipinski definition) is 1. The van der Waals surface area contributed by atoms with E-state index in [0.29, 0.717) is 11.6 Å². The molecule has 0 atom stereocenters. The van der Waals surface area contributed by atoms with Gasteiger partial charge < -0.3 is 9.73 Å². The summed E-state index contributed by atoms with van der Waals surface area (Å²) in [7, 11) is 0. The molecule has 1 saturated carbocycles. The molecule has 21 heavy (non-hydrogen) atoms. The van der Waals surface area contributed by atoms with Gasteiger partial charge in [0.05, 0.1) is 0 Å². The van der Waals surface area contributed by atoms with E-state index in [9.17, 15) is 4.39 Å². The Kier molecular flexibility index (Phi) is 2.97. The van der Waals surface area contributed by atoms with Crippen molar-refractivity contribution in [1.29, 1.82) is 0 Å². The van der Waals surface area contributed by atoms with Crippen molar-refractivity contribution in [3.8, 4) is 11.3 Å². The van der Waals surface area contributed by atoms with Crippen molar-refractivity contribution in [3.05, 3.63) is 54.1 Å². The fraction of sp³-hybridized carbons (Fsp3) is 0.235. The summed E-state index contributed by atoms with van der Waals surface area (Å²) in [5.41, 5.74) is 2.74. The quantitative estimate of drug-likeness (QED) is 0.789. The number of rotatable bonds is 4. The molecule has 2 heterocycles. The van der Waals surface area contributed by atoms with Crippen molar-refractivity contribution in [3.63, 3.8) is 0 Å². The highest BCUT2D eigenvalue weighted by molar-refractivity contribution is 5.82. The molecule has 3 nitrogen and oxygen atoms in total. The zero-order valence-electron chi connectivity index (χ0n) is 11.5. The first kappa shape index (κ1) is 12.5. The van der Waals surface area contributed by atoms with Gasteiger partial charge in [-0.3, -0.25) is 4.98 Å². The Morgan fingerprint density at radius 3 is 2.95 bits per heavy atom. The van der Waals surface area contributed by atoms with Gasteiger partial charge in [-0.05, 0) is 48.7 Å². The molecule has 0 unspecified atom stereocenters. The van der Waals surface area contributed by atoms with Crippen LogP contribution in [-0.4, -0.2) is 11.0 Å². The van der Waals surface area contributed by atoms with Gasteiger partial charge in [0.2, 0.25) is 0 Å². The van der Waals surface area contributed by atoms with Gasteiger partial charge in [-0.15, -0.1) is 0 Å². The van der Waals surface area contributed by atoms with E-state index in [4.69, 9.17) is 4.42 Å². The van der Waals surface area contributed by atoms with Crippen molar-refractivity contribution in [2.75, 3.05) is 0 Å². The van der Waals surface area contributed by atoms with Gasteiger partial charge >= 0.3 is 0 Å². The minimum atomic E-state index is -0.254.